The van der Waals surface area contributed by atoms with Gasteiger partial charge >= 0.3 is 5.97 Å². The lowest BCUT2D eigenvalue weighted by Crippen LogP contribution is -2.22. The van der Waals surface area contributed by atoms with E-state index < -0.39 is 28.5 Å². The van der Waals surface area contributed by atoms with E-state index in [1.54, 1.807) is 43.3 Å². The highest BCUT2D eigenvalue weighted by atomic mass is 35.5. The molecule has 0 aliphatic carbocycles. The molecule has 0 radical (unpaired) electrons. The van der Waals surface area contributed by atoms with E-state index in [4.69, 9.17) is 21.4 Å². The van der Waals surface area contributed by atoms with Gasteiger partial charge in [-0.1, -0.05) is 35.9 Å². The number of hydrazone groups is 1. The monoisotopic (exact) mass is 507 g/mol. The van der Waals surface area contributed by atoms with Gasteiger partial charge in [0, 0.05) is 5.56 Å². The van der Waals surface area contributed by atoms with E-state index in [-0.39, 0.29) is 21.2 Å². The second kappa shape index (κ2) is 10.5. The Morgan fingerprint density at radius 3 is 2.61 bits per heavy atom. The number of carbonyl (C=O) groups excluding carboxylic acids is 1. The molecular formula is C21H18ClN3O6S2. The molecule has 2 aromatic carbocycles. The molecule has 1 aromatic heterocycles. The van der Waals surface area contributed by atoms with Crippen LogP contribution in [0.4, 0.5) is 5.69 Å². The Morgan fingerprint density at radius 2 is 1.91 bits per heavy atom. The number of carbonyl (C=O) groups is 2. The topological polar surface area (TPSA) is 134 Å². The molecule has 12 heteroatoms. The highest BCUT2D eigenvalue weighted by Crippen LogP contribution is 2.29. The minimum absolute atomic E-state index is 0.0121. The summed E-state index contributed by atoms with van der Waals surface area (Å²) >= 11 is 6.74. The first-order chi connectivity index (χ1) is 15.7. The van der Waals surface area contributed by atoms with Gasteiger partial charge < -0.3 is 9.84 Å². The van der Waals surface area contributed by atoms with Gasteiger partial charge in [-0.05, 0) is 42.8 Å². The molecule has 172 valence electrons. The number of halogens is 1. The highest BCUT2D eigenvalue weighted by Gasteiger charge is 2.21. The lowest BCUT2D eigenvalue weighted by atomic mass is 10.1. The van der Waals surface area contributed by atoms with Gasteiger partial charge in [0.2, 0.25) is 0 Å². The zero-order valence-electron chi connectivity index (χ0n) is 17.1. The zero-order chi connectivity index (χ0) is 24.0. The summed E-state index contributed by atoms with van der Waals surface area (Å²) in [5.41, 5.74) is 3.49. The third kappa shape index (κ3) is 6.31. The number of amides is 1. The largest absolute Gasteiger partial charge is 0.481 e. The summed E-state index contributed by atoms with van der Waals surface area (Å²) in [4.78, 5) is 23.5. The molecule has 0 aliphatic heterocycles. The Hall–Kier alpha value is -3.41. The first-order valence-electron chi connectivity index (χ1n) is 9.32. The van der Waals surface area contributed by atoms with Gasteiger partial charge in [0.1, 0.15) is 9.96 Å². The smallest absolute Gasteiger partial charge is 0.341 e. The van der Waals surface area contributed by atoms with Crippen molar-refractivity contribution in [2.75, 3.05) is 11.3 Å². The third-order valence-corrected chi connectivity index (χ3v) is 7.28. The Balaban J connectivity index is 1.79. The number of ether oxygens (including phenoxy) is 1. The van der Waals surface area contributed by atoms with Crippen molar-refractivity contribution in [3.63, 3.8) is 0 Å². The molecule has 0 spiro atoms. The average molecular weight is 508 g/mol. The van der Waals surface area contributed by atoms with E-state index in [0.717, 1.165) is 11.3 Å². The third-order valence-electron chi connectivity index (χ3n) is 4.21. The molecule has 3 N–H and O–H groups in total. The molecule has 0 saturated heterocycles. The highest BCUT2D eigenvalue weighted by molar-refractivity contribution is 7.94. The quantitative estimate of drug-likeness (QED) is 0.298. The van der Waals surface area contributed by atoms with Gasteiger partial charge in [0.25, 0.3) is 15.9 Å². The SMILES string of the molecule is Cc1cccc(C(=O)NN=Cc2ccccc2OCC(=O)O)c1NS(=O)(=O)c1ccc(Cl)s1. The first-order valence-corrected chi connectivity index (χ1v) is 12.0. The lowest BCUT2D eigenvalue weighted by molar-refractivity contribution is -0.139. The van der Waals surface area contributed by atoms with Crippen LogP contribution in [0.5, 0.6) is 5.75 Å². The summed E-state index contributed by atoms with van der Waals surface area (Å²) in [6.45, 7) is 1.13. The Kier molecular flexibility index (Phi) is 7.69. The van der Waals surface area contributed by atoms with Gasteiger partial charge in [0.15, 0.2) is 6.61 Å². The van der Waals surface area contributed by atoms with Crippen molar-refractivity contribution in [3.05, 3.63) is 75.6 Å². The van der Waals surface area contributed by atoms with Gasteiger partial charge in [0.05, 0.1) is 21.8 Å². The van der Waals surface area contributed by atoms with Crippen molar-refractivity contribution in [1.29, 1.82) is 0 Å². The van der Waals surface area contributed by atoms with Crippen LogP contribution in [0.2, 0.25) is 4.34 Å². The minimum Gasteiger partial charge on any atom is -0.481 e. The Bertz CT molecular complexity index is 1320. The molecule has 0 unspecified atom stereocenters. The number of benzene rings is 2. The fraction of sp³-hybridized carbons (Fsp3) is 0.0952. The number of rotatable bonds is 9. The van der Waals surface area contributed by atoms with Crippen LogP contribution >= 0.6 is 22.9 Å². The molecular weight excluding hydrogens is 490 g/mol. The van der Waals surface area contributed by atoms with Gasteiger partial charge in [-0.2, -0.15) is 5.10 Å². The number of carboxylic acids is 1. The number of carboxylic acid groups (broad SMARTS) is 1. The van der Waals surface area contributed by atoms with E-state index in [0.29, 0.717) is 15.5 Å². The van der Waals surface area contributed by atoms with Crippen LogP contribution < -0.4 is 14.9 Å². The van der Waals surface area contributed by atoms with Crippen LogP contribution in [0, 0.1) is 6.92 Å². The van der Waals surface area contributed by atoms with Crippen LogP contribution in [-0.4, -0.2) is 38.2 Å². The molecule has 0 aliphatic rings. The van der Waals surface area contributed by atoms with Gasteiger partial charge in [-0.25, -0.2) is 18.6 Å². The van der Waals surface area contributed by atoms with Crippen LogP contribution in [0.1, 0.15) is 21.5 Å². The maximum absolute atomic E-state index is 12.7. The molecule has 33 heavy (non-hydrogen) atoms. The van der Waals surface area contributed by atoms with Gasteiger partial charge in [-0.15, -0.1) is 11.3 Å². The van der Waals surface area contributed by atoms with Crippen molar-refractivity contribution in [2.45, 2.75) is 11.1 Å². The average Bonchev–Trinajstić information content (AvgIpc) is 3.21. The molecule has 0 atom stereocenters. The van der Waals surface area contributed by atoms with Crippen LogP contribution in [0.3, 0.4) is 0 Å². The van der Waals surface area contributed by atoms with Crippen molar-refractivity contribution < 1.29 is 27.9 Å². The number of aliphatic carboxylic acids is 1. The number of hydrogen-bond acceptors (Lipinski definition) is 7. The van der Waals surface area contributed by atoms with Gasteiger partial charge in [-0.3, -0.25) is 9.52 Å². The number of sulfonamides is 1. The van der Waals surface area contributed by atoms with Crippen LogP contribution in [0.25, 0.3) is 0 Å². The van der Waals surface area contributed by atoms with Crippen molar-refractivity contribution in [2.24, 2.45) is 5.10 Å². The molecule has 3 aromatic rings. The van der Waals surface area contributed by atoms with Crippen molar-refractivity contribution >= 4 is 56.7 Å². The van der Waals surface area contributed by atoms with E-state index in [1.165, 1.54) is 24.4 Å². The molecule has 0 bridgehead atoms. The molecule has 3 rings (SSSR count). The maximum atomic E-state index is 12.7. The van der Waals surface area contributed by atoms with E-state index >= 15 is 0 Å². The summed E-state index contributed by atoms with van der Waals surface area (Å²) in [5, 5.41) is 12.7. The summed E-state index contributed by atoms with van der Waals surface area (Å²) in [5.74, 6) is -1.51. The number of para-hydroxylation sites is 2. The Morgan fingerprint density at radius 1 is 1.15 bits per heavy atom. The summed E-state index contributed by atoms with van der Waals surface area (Å²) < 4.78 is 33.4. The van der Waals surface area contributed by atoms with E-state index in [1.807, 2.05) is 0 Å². The first kappa shape index (κ1) is 24.2. The predicted molar refractivity (Wildman–Crippen MR) is 126 cm³/mol. The summed E-state index contributed by atoms with van der Waals surface area (Å²) in [7, 11) is -3.95. The summed E-state index contributed by atoms with van der Waals surface area (Å²) in [6.07, 6.45) is 1.29. The zero-order valence-corrected chi connectivity index (χ0v) is 19.5. The second-order valence-corrected chi connectivity index (χ2v) is 10.2. The maximum Gasteiger partial charge on any atom is 0.341 e. The normalized spacial score (nSPS) is 11.3. The fourth-order valence-electron chi connectivity index (χ4n) is 2.70. The fourth-order valence-corrected chi connectivity index (χ4v) is 5.33. The second-order valence-electron chi connectivity index (χ2n) is 6.58. The van der Waals surface area contributed by atoms with Crippen LogP contribution in [0.15, 0.2) is 63.9 Å². The molecule has 0 saturated carbocycles. The number of hydrogen-bond donors (Lipinski definition) is 3. The number of anilines is 1. The lowest BCUT2D eigenvalue weighted by Gasteiger charge is -2.13. The molecule has 9 nitrogen and oxygen atoms in total. The number of thiophene rings is 1. The predicted octanol–water partition coefficient (Wildman–Crippen LogP) is 3.74. The number of nitrogens with zero attached hydrogens (tertiary/aromatic N) is 1. The van der Waals surface area contributed by atoms with E-state index in [2.05, 4.69) is 15.2 Å². The molecule has 0 fully saturated rings. The molecule has 1 amide bonds. The minimum atomic E-state index is -3.95. The van der Waals surface area contributed by atoms with E-state index in [9.17, 15) is 18.0 Å². The summed E-state index contributed by atoms with van der Waals surface area (Å²) in [6, 6.07) is 14.1. The number of nitrogens with one attached hydrogen (secondary N) is 2. The Labute approximate surface area is 198 Å². The number of aryl methyl sites for hydroxylation is 1. The van der Waals surface area contributed by atoms with Crippen molar-refractivity contribution in [1.82, 2.24) is 5.43 Å². The standard InChI is InChI=1S/C21H18ClN3O6S2/c1-13-5-4-7-15(20(13)25-33(29,30)19-10-9-17(22)32-19)21(28)24-23-11-14-6-2-3-8-16(14)31-12-18(26)27/h2-11,25H,12H2,1H3,(H,24,28)(H,26,27). The molecule has 1 heterocycles. The van der Waals surface area contributed by atoms with Crippen molar-refractivity contribution in [3.8, 4) is 5.75 Å². The van der Waals surface area contributed by atoms with Crippen LogP contribution in [-0.2, 0) is 14.8 Å².